The lowest BCUT2D eigenvalue weighted by Crippen LogP contribution is -2.40. The summed E-state index contributed by atoms with van der Waals surface area (Å²) in [5.41, 5.74) is 7.02. The maximum atomic E-state index is 14.1. The number of esters is 1. The predicted octanol–water partition coefficient (Wildman–Crippen LogP) is 10.1. The molecule has 0 radical (unpaired) electrons. The second-order valence-electron chi connectivity index (χ2n) is 11.9. The molecule has 3 aromatic carbocycles. The van der Waals surface area contributed by atoms with E-state index in [2.05, 4.69) is 58.1 Å². The van der Waals surface area contributed by atoms with Crippen molar-refractivity contribution in [3.05, 3.63) is 166 Å². The van der Waals surface area contributed by atoms with Gasteiger partial charge in [-0.2, -0.15) is 0 Å². The van der Waals surface area contributed by atoms with Gasteiger partial charge in [0.1, 0.15) is 12.0 Å². The molecule has 0 aromatic heterocycles. The fraction of sp³-hybridized carbons (Fsp3) is 0.275. The van der Waals surface area contributed by atoms with E-state index in [4.69, 9.17) is 4.74 Å². The minimum Gasteiger partial charge on any atom is -0.460 e. The van der Waals surface area contributed by atoms with Gasteiger partial charge in [0.15, 0.2) is 0 Å². The molecule has 42 heavy (non-hydrogen) atoms. The zero-order valence-electron chi connectivity index (χ0n) is 25.8. The van der Waals surface area contributed by atoms with E-state index in [9.17, 15) is 4.79 Å². The SMILES string of the molecule is CC1=C(/C=C/C(C)=C/C=C/C(C)=C/COC(=O)C(c2ccccc2)(c2ccccc2)c2ccccc2)C(C)(C)CCC1. The minimum absolute atomic E-state index is 0.189. The van der Waals surface area contributed by atoms with Crippen LogP contribution in [0.1, 0.15) is 70.6 Å². The van der Waals surface area contributed by atoms with Crippen molar-refractivity contribution in [1.29, 1.82) is 0 Å². The zero-order valence-corrected chi connectivity index (χ0v) is 25.8. The van der Waals surface area contributed by atoms with Gasteiger partial charge in [-0.3, -0.25) is 4.79 Å². The van der Waals surface area contributed by atoms with Gasteiger partial charge in [0, 0.05) is 0 Å². The average molecular weight is 557 g/mol. The van der Waals surface area contributed by atoms with E-state index < -0.39 is 5.41 Å². The van der Waals surface area contributed by atoms with E-state index in [1.54, 1.807) is 0 Å². The summed E-state index contributed by atoms with van der Waals surface area (Å²) in [4.78, 5) is 14.1. The third-order valence-corrected chi connectivity index (χ3v) is 8.32. The zero-order chi connectivity index (χ0) is 30.0. The van der Waals surface area contributed by atoms with Crippen molar-refractivity contribution in [3.63, 3.8) is 0 Å². The maximum absolute atomic E-state index is 14.1. The van der Waals surface area contributed by atoms with E-state index in [0.717, 1.165) is 22.3 Å². The first-order chi connectivity index (χ1) is 20.2. The molecule has 0 atom stereocenters. The highest BCUT2D eigenvalue weighted by Gasteiger charge is 2.45. The van der Waals surface area contributed by atoms with Gasteiger partial charge in [0.25, 0.3) is 0 Å². The molecule has 0 saturated heterocycles. The smallest absolute Gasteiger partial charge is 0.325 e. The molecular weight excluding hydrogens is 512 g/mol. The normalized spacial score (nSPS) is 16.3. The van der Waals surface area contributed by atoms with Gasteiger partial charge < -0.3 is 4.74 Å². The Balaban J connectivity index is 1.51. The average Bonchev–Trinajstić information content (AvgIpc) is 2.99. The second kappa shape index (κ2) is 14.1. The van der Waals surface area contributed by atoms with Crippen molar-refractivity contribution in [2.75, 3.05) is 6.61 Å². The molecule has 4 rings (SSSR count). The van der Waals surface area contributed by atoms with E-state index in [1.807, 2.05) is 104 Å². The second-order valence-corrected chi connectivity index (χ2v) is 11.9. The quantitative estimate of drug-likeness (QED) is 0.141. The topological polar surface area (TPSA) is 26.3 Å². The lowest BCUT2D eigenvalue weighted by atomic mass is 9.69. The third kappa shape index (κ3) is 7.18. The fourth-order valence-corrected chi connectivity index (χ4v) is 5.98. The fourth-order valence-electron chi connectivity index (χ4n) is 5.98. The van der Waals surface area contributed by atoms with Crippen LogP contribution in [0, 0.1) is 5.41 Å². The van der Waals surface area contributed by atoms with Gasteiger partial charge in [-0.1, -0.05) is 152 Å². The first-order valence-electron chi connectivity index (χ1n) is 15.0. The molecule has 0 spiro atoms. The predicted molar refractivity (Wildman–Crippen MR) is 176 cm³/mol. The van der Waals surface area contributed by atoms with Crippen LogP contribution in [0.15, 0.2) is 150 Å². The van der Waals surface area contributed by atoms with Crippen molar-refractivity contribution in [2.24, 2.45) is 5.41 Å². The van der Waals surface area contributed by atoms with Gasteiger partial charge in [0.2, 0.25) is 0 Å². The molecule has 2 nitrogen and oxygen atoms in total. The summed E-state index contributed by atoms with van der Waals surface area (Å²) in [6.45, 7) is 11.3. The van der Waals surface area contributed by atoms with Gasteiger partial charge in [-0.05, 0) is 73.8 Å². The maximum Gasteiger partial charge on any atom is 0.325 e. The first-order valence-corrected chi connectivity index (χ1v) is 15.0. The van der Waals surface area contributed by atoms with E-state index in [-0.39, 0.29) is 18.0 Å². The summed E-state index contributed by atoms with van der Waals surface area (Å²) in [7, 11) is 0. The Morgan fingerprint density at radius 1 is 0.810 bits per heavy atom. The molecule has 0 heterocycles. The van der Waals surface area contributed by atoms with Gasteiger partial charge in [-0.25, -0.2) is 0 Å². The molecule has 0 saturated carbocycles. The molecular formula is C40H44O2. The van der Waals surface area contributed by atoms with Gasteiger partial charge in [0.05, 0.1) is 0 Å². The number of ether oxygens (including phenoxy) is 1. The van der Waals surface area contributed by atoms with Crippen molar-refractivity contribution >= 4 is 5.97 Å². The molecule has 0 unspecified atom stereocenters. The molecule has 2 heteroatoms. The minimum atomic E-state index is -1.08. The van der Waals surface area contributed by atoms with Crippen molar-refractivity contribution in [3.8, 4) is 0 Å². The molecule has 3 aromatic rings. The molecule has 1 aliphatic carbocycles. The van der Waals surface area contributed by atoms with Crippen molar-refractivity contribution in [2.45, 2.75) is 59.3 Å². The van der Waals surface area contributed by atoms with E-state index in [1.165, 1.54) is 36.0 Å². The standard InChI is InChI=1S/C40H44O2/c1-31(26-27-37-33(3)19-16-29-39(37,4)5)17-15-18-32(2)28-30-42-38(41)40(34-20-9-6-10-21-34,35-22-11-7-12-23-35)36-24-13-8-14-25-36/h6-15,17-18,20-28H,16,19,29-30H2,1-5H3/b18-15+,27-26+,31-17+,32-28+. The number of hydrogen-bond donors (Lipinski definition) is 0. The molecule has 0 bridgehead atoms. The van der Waals surface area contributed by atoms with E-state index in [0.29, 0.717) is 0 Å². The number of benzene rings is 3. The lowest BCUT2D eigenvalue weighted by molar-refractivity contribution is -0.146. The Labute approximate surface area is 252 Å². The Morgan fingerprint density at radius 3 is 1.83 bits per heavy atom. The molecule has 1 aliphatic rings. The Bertz CT molecular complexity index is 1390. The third-order valence-electron chi connectivity index (χ3n) is 8.32. The van der Waals surface area contributed by atoms with Gasteiger partial charge in [-0.15, -0.1) is 0 Å². The van der Waals surface area contributed by atoms with Crippen LogP contribution in [0.25, 0.3) is 0 Å². The van der Waals surface area contributed by atoms with E-state index >= 15 is 0 Å². The molecule has 216 valence electrons. The Kier molecular flexibility index (Phi) is 10.4. The highest BCUT2D eigenvalue weighted by atomic mass is 16.5. The van der Waals surface area contributed by atoms with Crippen LogP contribution in [0.4, 0.5) is 0 Å². The molecule has 0 amide bonds. The van der Waals surface area contributed by atoms with Crippen LogP contribution in [-0.4, -0.2) is 12.6 Å². The lowest BCUT2D eigenvalue weighted by Gasteiger charge is -2.33. The van der Waals surface area contributed by atoms with Crippen molar-refractivity contribution < 1.29 is 9.53 Å². The monoisotopic (exact) mass is 556 g/mol. The van der Waals surface area contributed by atoms with Gasteiger partial charge >= 0.3 is 5.97 Å². The number of carbonyl (C=O) groups excluding carboxylic acids is 1. The summed E-state index contributed by atoms with van der Waals surface area (Å²) in [5, 5.41) is 0. The Hall–Kier alpha value is -4.17. The number of allylic oxidation sites excluding steroid dienone is 9. The summed E-state index contributed by atoms with van der Waals surface area (Å²) in [6.07, 6.45) is 16.4. The molecule has 0 N–H and O–H groups in total. The first kappa shape index (κ1) is 30.8. The molecule has 0 aliphatic heterocycles. The largest absolute Gasteiger partial charge is 0.460 e. The molecule has 0 fully saturated rings. The summed E-state index contributed by atoms with van der Waals surface area (Å²) in [6, 6.07) is 29.7. The highest BCUT2D eigenvalue weighted by molar-refractivity contribution is 5.92. The summed E-state index contributed by atoms with van der Waals surface area (Å²) < 4.78 is 6.02. The van der Waals surface area contributed by atoms with Crippen LogP contribution in [0.5, 0.6) is 0 Å². The number of rotatable bonds is 10. The number of hydrogen-bond acceptors (Lipinski definition) is 2. The number of carbonyl (C=O) groups is 1. The summed E-state index contributed by atoms with van der Waals surface area (Å²) in [5.74, 6) is -0.296. The highest BCUT2D eigenvalue weighted by Crippen LogP contribution is 2.41. The summed E-state index contributed by atoms with van der Waals surface area (Å²) >= 11 is 0. The van der Waals surface area contributed by atoms with Crippen molar-refractivity contribution in [1.82, 2.24) is 0 Å². The van der Waals surface area contributed by atoms with Crippen LogP contribution < -0.4 is 0 Å². The van der Waals surface area contributed by atoms with Crippen LogP contribution in [0.3, 0.4) is 0 Å². The van der Waals surface area contributed by atoms with Crippen LogP contribution in [-0.2, 0) is 14.9 Å². The Morgan fingerprint density at radius 2 is 1.33 bits per heavy atom. The van der Waals surface area contributed by atoms with Crippen LogP contribution >= 0.6 is 0 Å². The van der Waals surface area contributed by atoms with Crippen LogP contribution in [0.2, 0.25) is 0 Å².